The van der Waals surface area contributed by atoms with Crippen LogP contribution in [0.3, 0.4) is 0 Å². The molecule has 0 fully saturated rings. The van der Waals surface area contributed by atoms with Gasteiger partial charge in [0.1, 0.15) is 11.0 Å². The van der Waals surface area contributed by atoms with Crippen LogP contribution in [0.4, 0.5) is 4.39 Å². The molecule has 0 aliphatic rings. The first-order chi connectivity index (χ1) is 9.95. The fourth-order valence-corrected chi connectivity index (χ4v) is 2.55. The Morgan fingerprint density at radius 1 is 1.38 bits per heavy atom. The Labute approximate surface area is 126 Å². The van der Waals surface area contributed by atoms with Crippen molar-refractivity contribution in [3.05, 3.63) is 67.2 Å². The number of hydrogen-bond acceptors (Lipinski definition) is 2. The Kier molecular flexibility index (Phi) is 4.63. The number of halogens is 2. The number of aromatic amines is 1. The van der Waals surface area contributed by atoms with Crippen molar-refractivity contribution in [2.45, 2.75) is 32.7 Å². The summed E-state index contributed by atoms with van der Waals surface area (Å²) < 4.78 is 14.4. The van der Waals surface area contributed by atoms with Gasteiger partial charge in [-0.2, -0.15) is 0 Å². The van der Waals surface area contributed by atoms with Crippen LogP contribution in [-0.2, 0) is 6.42 Å². The number of H-pyrrole nitrogens is 1. The molecular formula is C15H16ClFN2O2. The van der Waals surface area contributed by atoms with E-state index in [9.17, 15) is 14.0 Å². The SMILES string of the molecule is CCCc1c(Cl)[nH]c(=O)n(C(C)c2cccc(F)c2)c1=O. The number of benzene rings is 1. The fourth-order valence-electron chi connectivity index (χ4n) is 2.30. The number of nitrogens with zero attached hydrogens (tertiary/aromatic N) is 1. The zero-order chi connectivity index (χ0) is 15.6. The van der Waals surface area contributed by atoms with Crippen molar-refractivity contribution < 1.29 is 4.39 Å². The summed E-state index contributed by atoms with van der Waals surface area (Å²) in [5.74, 6) is -0.411. The first-order valence-corrected chi connectivity index (χ1v) is 7.12. The minimum Gasteiger partial charge on any atom is -0.297 e. The van der Waals surface area contributed by atoms with E-state index in [-0.39, 0.29) is 5.15 Å². The fraction of sp³-hybridized carbons (Fsp3) is 0.333. The lowest BCUT2D eigenvalue weighted by Gasteiger charge is -2.16. The number of nitrogens with one attached hydrogen (secondary N) is 1. The lowest BCUT2D eigenvalue weighted by molar-refractivity contribution is 0.561. The predicted octanol–water partition coefficient (Wildman–Crippen LogP) is 2.89. The zero-order valence-electron chi connectivity index (χ0n) is 11.8. The van der Waals surface area contributed by atoms with Gasteiger partial charge in [0.2, 0.25) is 0 Å². The summed E-state index contributed by atoms with van der Waals surface area (Å²) in [7, 11) is 0. The second kappa shape index (κ2) is 6.26. The number of rotatable bonds is 4. The highest BCUT2D eigenvalue weighted by molar-refractivity contribution is 6.30. The van der Waals surface area contributed by atoms with Gasteiger partial charge in [-0.05, 0) is 31.0 Å². The van der Waals surface area contributed by atoms with Gasteiger partial charge < -0.3 is 0 Å². The Bertz CT molecular complexity index is 767. The third-order valence-electron chi connectivity index (χ3n) is 3.40. The number of aromatic nitrogens is 2. The van der Waals surface area contributed by atoms with Crippen LogP contribution in [0, 0.1) is 5.82 Å². The van der Waals surface area contributed by atoms with E-state index in [1.165, 1.54) is 12.1 Å². The quantitative estimate of drug-likeness (QED) is 0.883. The molecule has 0 spiro atoms. The molecule has 0 saturated carbocycles. The molecule has 112 valence electrons. The normalized spacial score (nSPS) is 12.4. The molecule has 0 amide bonds. The van der Waals surface area contributed by atoms with Crippen LogP contribution in [0.15, 0.2) is 33.9 Å². The van der Waals surface area contributed by atoms with E-state index in [1.807, 2.05) is 6.92 Å². The monoisotopic (exact) mass is 310 g/mol. The van der Waals surface area contributed by atoms with Crippen molar-refractivity contribution in [3.63, 3.8) is 0 Å². The molecule has 6 heteroatoms. The van der Waals surface area contributed by atoms with Gasteiger partial charge in [0.05, 0.1) is 11.6 Å². The minimum absolute atomic E-state index is 0.0783. The topological polar surface area (TPSA) is 54.9 Å². The highest BCUT2D eigenvalue weighted by Crippen LogP contribution is 2.17. The summed E-state index contributed by atoms with van der Waals surface area (Å²) in [4.78, 5) is 27.0. The van der Waals surface area contributed by atoms with E-state index in [1.54, 1.807) is 19.1 Å². The largest absolute Gasteiger partial charge is 0.330 e. The van der Waals surface area contributed by atoms with Gasteiger partial charge in [0.15, 0.2) is 0 Å². The molecule has 1 atom stereocenters. The molecule has 21 heavy (non-hydrogen) atoms. The van der Waals surface area contributed by atoms with Crippen LogP contribution in [0.25, 0.3) is 0 Å². The van der Waals surface area contributed by atoms with Gasteiger partial charge in [-0.25, -0.2) is 9.18 Å². The molecule has 0 saturated heterocycles. The minimum atomic E-state index is -0.596. The molecule has 0 aliphatic heterocycles. The smallest absolute Gasteiger partial charge is 0.297 e. The van der Waals surface area contributed by atoms with E-state index in [4.69, 9.17) is 11.6 Å². The van der Waals surface area contributed by atoms with Crippen molar-refractivity contribution >= 4 is 11.6 Å². The molecule has 4 nitrogen and oxygen atoms in total. The summed E-state index contributed by atoms with van der Waals surface area (Å²) in [6.45, 7) is 3.59. The molecule has 1 heterocycles. The average Bonchev–Trinajstić information content (AvgIpc) is 2.43. The summed E-state index contributed by atoms with van der Waals surface area (Å²) in [6, 6.07) is 5.26. The molecule has 0 aliphatic carbocycles. The van der Waals surface area contributed by atoms with Crippen LogP contribution >= 0.6 is 11.6 Å². The second-order valence-electron chi connectivity index (χ2n) is 4.88. The van der Waals surface area contributed by atoms with Crippen LogP contribution in [0.2, 0.25) is 5.15 Å². The first-order valence-electron chi connectivity index (χ1n) is 6.74. The van der Waals surface area contributed by atoms with Gasteiger partial charge >= 0.3 is 5.69 Å². The van der Waals surface area contributed by atoms with Gasteiger partial charge in [-0.15, -0.1) is 0 Å². The summed E-state index contributed by atoms with van der Waals surface area (Å²) in [5.41, 5.74) is -0.0987. The molecule has 2 rings (SSSR count). The average molecular weight is 311 g/mol. The highest BCUT2D eigenvalue weighted by atomic mass is 35.5. The second-order valence-corrected chi connectivity index (χ2v) is 5.26. The Morgan fingerprint density at radius 3 is 2.71 bits per heavy atom. The van der Waals surface area contributed by atoms with Crippen LogP contribution in [0.5, 0.6) is 0 Å². The van der Waals surface area contributed by atoms with Crippen molar-refractivity contribution in [1.29, 1.82) is 0 Å². The van der Waals surface area contributed by atoms with Crippen LogP contribution < -0.4 is 11.2 Å². The van der Waals surface area contributed by atoms with Gasteiger partial charge in [0, 0.05) is 0 Å². The standard InChI is InChI=1S/C15H16ClFN2O2/c1-3-5-12-13(16)18-15(21)19(14(12)20)9(2)10-6-4-7-11(17)8-10/h4,6-9H,3,5H2,1-2H3,(H,18,21). The molecule has 2 aromatic rings. The molecule has 1 aromatic heterocycles. The Morgan fingerprint density at radius 2 is 2.10 bits per heavy atom. The molecule has 1 unspecified atom stereocenters. The van der Waals surface area contributed by atoms with E-state index in [0.29, 0.717) is 17.5 Å². The van der Waals surface area contributed by atoms with Gasteiger partial charge in [0.25, 0.3) is 5.56 Å². The lowest BCUT2D eigenvalue weighted by Crippen LogP contribution is -2.39. The van der Waals surface area contributed by atoms with Gasteiger partial charge in [-0.1, -0.05) is 37.1 Å². The van der Waals surface area contributed by atoms with E-state index in [0.717, 1.165) is 11.0 Å². The molecule has 0 radical (unpaired) electrons. The maximum Gasteiger partial charge on any atom is 0.330 e. The molecule has 1 N–H and O–H groups in total. The Hall–Kier alpha value is -1.88. The third-order valence-corrected chi connectivity index (χ3v) is 3.72. The third kappa shape index (κ3) is 3.08. The van der Waals surface area contributed by atoms with Crippen molar-refractivity contribution in [1.82, 2.24) is 9.55 Å². The van der Waals surface area contributed by atoms with E-state index in [2.05, 4.69) is 4.98 Å². The summed E-state index contributed by atoms with van der Waals surface area (Å²) in [5, 5.41) is 0.0783. The number of hydrogen-bond donors (Lipinski definition) is 1. The summed E-state index contributed by atoms with van der Waals surface area (Å²) >= 11 is 5.93. The van der Waals surface area contributed by atoms with Crippen molar-refractivity contribution in [2.75, 3.05) is 0 Å². The highest BCUT2D eigenvalue weighted by Gasteiger charge is 2.18. The van der Waals surface area contributed by atoms with E-state index < -0.39 is 23.1 Å². The maximum absolute atomic E-state index is 13.3. The first kappa shape index (κ1) is 15.5. The van der Waals surface area contributed by atoms with Crippen molar-refractivity contribution in [3.8, 4) is 0 Å². The Balaban J connectivity index is 2.61. The van der Waals surface area contributed by atoms with Crippen LogP contribution in [-0.4, -0.2) is 9.55 Å². The van der Waals surface area contributed by atoms with Crippen molar-refractivity contribution in [2.24, 2.45) is 0 Å². The molecule has 0 bridgehead atoms. The predicted molar refractivity (Wildman–Crippen MR) is 80.5 cm³/mol. The zero-order valence-corrected chi connectivity index (χ0v) is 12.6. The summed E-state index contributed by atoms with van der Waals surface area (Å²) in [6.07, 6.45) is 1.21. The van der Waals surface area contributed by atoms with E-state index >= 15 is 0 Å². The van der Waals surface area contributed by atoms with Crippen LogP contribution in [0.1, 0.15) is 37.4 Å². The lowest BCUT2D eigenvalue weighted by atomic mass is 10.1. The maximum atomic E-state index is 13.3. The molecule has 1 aromatic carbocycles. The molecular weight excluding hydrogens is 295 g/mol. The van der Waals surface area contributed by atoms with Gasteiger partial charge in [-0.3, -0.25) is 14.3 Å².